The first-order valence-corrected chi connectivity index (χ1v) is 12.5. The maximum atomic E-state index is 2.45. The van der Waals surface area contributed by atoms with Gasteiger partial charge in [-0.25, -0.2) is 0 Å². The largest absolute Gasteiger partial charge is 0.0654 e. The fourth-order valence-corrected chi connectivity index (χ4v) is 4.29. The Labute approximate surface area is 181 Å². The Morgan fingerprint density at radius 1 is 0.483 bits per heavy atom. The van der Waals surface area contributed by atoms with Crippen molar-refractivity contribution in [2.75, 3.05) is 0 Å². The predicted molar refractivity (Wildman–Crippen MR) is 130 cm³/mol. The van der Waals surface area contributed by atoms with Gasteiger partial charge < -0.3 is 0 Å². The van der Waals surface area contributed by atoms with Crippen LogP contribution in [0.15, 0.2) is 48.5 Å². The van der Waals surface area contributed by atoms with E-state index < -0.39 is 0 Å². The molecule has 160 valence electrons. The van der Waals surface area contributed by atoms with Crippen LogP contribution in [0.4, 0.5) is 0 Å². The Balaban J connectivity index is 1.81. The molecule has 0 atom stereocenters. The van der Waals surface area contributed by atoms with E-state index in [0.717, 1.165) is 6.42 Å². The maximum Gasteiger partial charge on any atom is -0.00229 e. The first-order valence-electron chi connectivity index (χ1n) is 12.5. The highest BCUT2D eigenvalue weighted by Gasteiger charge is 2.05. The molecular weight excluding hydrogens is 348 g/mol. The van der Waals surface area contributed by atoms with Crippen LogP contribution < -0.4 is 0 Å². The van der Waals surface area contributed by atoms with Crippen molar-refractivity contribution in [3.05, 3.63) is 70.8 Å². The number of aryl methyl sites for hydroxylation is 2. The molecule has 0 spiro atoms. The Morgan fingerprint density at radius 3 is 1.72 bits per heavy atom. The quantitative estimate of drug-likeness (QED) is 0.250. The van der Waals surface area contributed by atoms with Gasteiger partial charge in [-0.3, -0.25) is 0 Å². The first-order chi connectivity index (χ1) is 14.3. The van der Waals surface area contributed by atoms with Crippen molar-refractivity contribution in [2.45, 2.75) is 110 Å². The average molecular weight is 393 g/mol. The second-order valence-corrected chi connectivity index (χ2v) is 8.80. The standard InChI is InChI=1S/C29H44/c1-3-5-7-9-11-13-18-26-19-17-20-27(24-26)25-29-23-16-15-22-28(29)21-14-12-10-8-6-4-2/h15-17,19-20,22-24H,3-14,18,21,25H2,1-2H3. The maximum absolute atomic E-state index is 2.45. The molecular formula is C29H44. The average Bonchev–Trinajstić information content (AvgIpc) is 2.74. The SMILES string of the molecule is CCCCCCCCc1cccc(Cc2ccccc2CCCCCCCC)c1. The normalized spacial score (nSPS) is 11.1. The molecule has 0 aromatic heterocycles. The van der Waals surface area contributed by atoms with Gasteiger partial charge in [0.2, 0.25) is 0 Å². The fourth-order valence-electron chi connectivity index (χ4n) is 4.29. The van der Waals surface area contributed by atoms with Gasteiger partial charge in [0.15, 0.2) is 0 Å². The zero-order valence-corrected chi connectivity index (χ0v) is 19.2. The molecule has 0 aliphatic heterocycles. The molecule has 0 radical (unpaired) electrons. The summed E-state index contributed by atoms with van der Waals surface area (Å²) in [7, 11) is 0. The second kappa shape index (κ2) is 15.3. The molecule has 0 bridgehead atoms. The Morgan fingerprint density at radius 2 is 1.03 bits per heavy atom. The van der Waals surface area contributed by atoms with E-state index in [1.54, 1.807) is 5.56 Å². The van der Waals surface area contributed by atoms with E-state index in [4.69, 9.17) is 0 Å². The summed E-state index contributed by atoms with van der Waals surface area (Å²) in [6.07, 6.45) is 20.1. The van der Waals surface area contributed by atoms with Gasteiger partial charge in [0, 0.05) is 0 Å². The number of hydrogen-bond acceptors (Lipinski definition) is 0. The molecule has 2 aromatic carbocycles. The zero-order chi connectivity index (χ0) is 20.6. The predicted octanol–water partition coefficient (Wildman–Crippen LogP) is 9.08. The molecule has 0 aliphatic carbocycles. The van der Waals surface area contributed by atoms with E-state index in [2.05, 4.69) is 62.4 Å². The van der Waals surface area contributed by atoms with E-state index in [-0.39, 0.29) is 0 Å². The summed E-state index contributed by atoms with van der Waals surface area (Å²) in [6, 6.07) is 18.5. The highest BCUT2D eigenvalue weighted by atomic mass is 14.1. The van der Waals surface area contributed by atoms with Crippen molar-refractivity contribution in [3.8, 4) is 0 Å². The molecule has 2 aromatic rings. The third-order valence-electron chi connectivity index (χ3n) is 6.12. The van der Waals surface area contributed by atoms with Gasteiger partial charge >= 0.3 is 0 Å². The minimum absolute atomic E-state index is 1.08. The number of hydrogen-bond donors (Lipinski definition) is 0. The molecule has 29 heavy (non-hydrogen) atoms. The van der Waals surface area contributed by atoms with E-state index in [9.17, 15) is 0 Å². The first kappa shape index (κ1) is 23.7. The van der Waals surface area contributed by atoms with E-state index in [1.165, 1.54) is 107 Å². The van der Waals surface area contributed by atoms with Crippen LogP contribution >= 0.6 is 0 Å². The molecule has 0 aliphatic rings. The van der Waals surface area contributed by atoms with Crippen molar-refractivity contribution < 1.29 is 0 Å². The molecule has 0 N–H and O–H groups in total. The number of rotatable bonds is 16. The Hall–Kier alpha value is -1.56. The monoisotopic (exact) mass is 392 g/mol. The van der Waals surface area contributed by atoms with Crippen LogP contribution in [0.25, 0.3) is 0 Å². The van der Waals surface area contributed by atoms with Crippen molar-refractivity contribution in [1.29, 1.82) is 0 Å². The molecule has 0 saturated heterocycles. The van der Waals surface area contributed by atoms with Gasteiger partial charge in [-0.1, -0.05) is 127 Å². The third kappa shape index (κ3) is 10.2. The summed E-state index contributed by atoms with van der Waals surface area (Å²) in [5.41, 5.74) is 6.08. The van der Waals surface area contributed by atoms with Crippen molar-refractivity contribution in [1.82, 2.24) is 0 Å². The van der Waals surface area contributed by atoms with E-state index in [1.807, 2.05) is 0 Å². The van der Waals surface area contributed by atoms with Crippen LogP contribution in [-0.4, -0.2) is 0 Å². The molecule has 0 nitrogen and oxygen atoms in total. The minimum Gasteiger partial charge on any atom is -0.0654 e. The topological polar surface area (TPSA) is 0 Å². The number of unbranched alkanes of at least 4 members (excludes halogenated alkanes) is 10. The summed E-state index contributed by atoms with van der Waals surface area (Å²) in [5, 5.41) is 0. The summed E-state index contributed by atoms with van der Waals surface area (Å²) < 4.78 is 0. The van der Waals surface area contributed by atoms with Crippen molar-refractivity contribution >= 4 is 0 Å². The van der Waals surface area contributed by atoms with Gasteiger partial charge in [0.05, 0.1) is 0 Å². The van der Waals surface area contributed by atoms with Crippen LogP contribution in [0.1, 0.15) is 113 Å². The lowest BCUT2D eigenvalue weighted by atomic mass is 9.94. The summed E-state index contributed by atoms with van der Waals surface area (Å²) in [6.45, 7) is 4.58. The van der Waals surface area contributed by atoms with Crippen molar-refractivity contribution in [2.24, 2.45) is 0 Å². The minimum atomic E-state index is 1.08. The zero-order valence-electron chi connectivity index (χ0n) is 19.2. The smallest absolute Gasteiger partial charge is 0.00229 e. The van der Waals surface area contributed by atoms with Gasteiger partial charge in [-0.15, -0.1) is 0 Å². The molecule has 0 heterocycles. The van der Waals surface area contributed by atoms with Crippen LogP contribution in [0.5, 0.6) is 0 Å². The summed E-state index contributed by atoms with van der Waals surface area (Å²) in [5.74, 6) is 0. The molecule has 0 heteroatoms. The highest BCUT2D eigenvalue weighted by Crippen LogP contribution is 2.19. The molecule has 2 rings (SSSR count). The highest BCUT2D eigenvalue weighted by molar-refractivity contribution is 5.34. The fraction of sp³-hybridized carbons (Fsp3) is 0.586. The third-order valence-corrected chi connectivity index (χ3v) is 6.12. The van der Waals surface area contributed by atoms with Crippen LogP contribution in [0, 0.1) is 0 Å². The van der Waals surface area contributed by atoms with E-state index in [0.29, 0.717) is 0 Å². The van der Waals surface area contributed by atoms with Gasteiger partial charge in [-0.2, -0.15) is 0 Å². The number of benzene rings is 2. The lowest BCUT2D eigenvalue weighted by molar-refractivity contribution is 0.606. The molecule has 0 fully saturated rings. The Kier molecular flexibility index (Phi) is 12.5. The molecule has 0 unspecified atom stereocenters. The van der Waals surface area contributed by atoms with Crippen molar-refractivity contribution in [3.63, 3.8) is 0 Å². The van der Waals surface area contributed by atoms with Gasteiger partial charge in [0.1, 0.15) is 0 Å². The van der Waals surface area contributed by atoms with Crippen LogP contribution in [0.2, 0.25) is 0 Å². The van der Waals surface area contributed by atoms with Crippen LogP contribution in [0.3, 0.4) is 0 Å². The van der Waals surface area contributed by atoms with Crippen LogP contribution in [-0.2, 0) is 19.3 Å². The van der Waals surface area contributed by atoms with Gasteiger partial charge in [0.25, 0.3) is 0 Å². The summed E-state index contributed by atoms with van der Waals surface area (Å²) in [4.78, 5) is 0. The lowest BCUT2D eigenvalue weighted by Gasteiger charge is -2.11. The lowest BCUT2D eigenvalue weighted by Crippen LogP contribution is -1.97. The molecule has 0 amide bonds. The molecule has 0 saturated carbocycles. The Bertz CT molecular complexity index is 655. The summed E-state index contributed by atoms with van der Waals surface area (Å²) >= 11 is 0. The second-order valence-electron chi connectivity index (χ2n) is 8.80. The van der Waals surface area contributed by atoms with E-state index >= 15 is 0 Å². The van der Waals surface area contributed by atoms with Gasteiger partial charge in [-0.05, 0) is 54.4 Å².